The first-order chi connectivity index (χ1) is 6.99. The zero-order valence-electron chi connectivity index (χ0n) is 8.30. The summed E-state index contributed by atoms with van der Waals surface area (Å²) in [5, 5.41) is 0.995. The van der Waals surface area contributed by atoms with Gasteiger partial charge in [0, 0.05) is 5.25 Å². The number of halogens is 1. The van der Waals surface area contributed by atoms with Gasteiger partial charge in [0.25, 0.3) is 0 Å². The Kier molecular flexibility index (Phi) is 2.60. The maximum Gasteiger partial charge on any atom is 0.114 e. The molecule has 15 heavy (non-hydrogen) atoms. The lowest BCUT2D eigenvalue weighted by Gasteiger charge is -2.25. The lowest BCUT2D eigenvalue weighted by Crippen LogP contribution is -2.41. The van der Waals surface area contributed by atoms with Gasteiger partial charge in [-0.25, -0.2) is 4.21 Å². The molecule has 0 spiro atoms. The minimum atomic E-state index is -2.30. The number of thioether (sulfide) groups is 1. The molecule has 0 aromatic carbocycles. The van der Waals surface area contributed by atoms with E-state index in [9.17, 15) is 4.21 Å². The van der Waals surface area contributed by atoms with E-state index in [-0.39, 0.29) is 21.6 Å². The number of hydrogen-bond acceptors (Lipinski definition) is 4. The van der Waals surface area contributed by atoms with E-state index < -0.39 is 9.80 Å². The molecular weight excluding hydrogens is 347 g/mol. The summed E-state index contributed by atoms with van der Waals surface area (Å²) in [5.41, 5.74) is 0. The van der Waals surface area contributed by atoms with Gasteiger partial charge in [0.1, 0.15) is 10.2 Å². The van der Waals surface area contributed by atoms with E-state index in [0.717, 1.165) is 6.42 Å². The maximum absolute atomic E-state index is 12.1. The highest BCUT2D eigenvalue weighted by molar-refractivity contribution is 14.1. The zero-order valence-corrected chi connectivity index (χ0v) is 12.1. The number of hydrogen-bond donors (Lipinski definition) is 0. The van der Waals surface area contributed by atoms with Gasteiger partial charge in [-0.3, -0.25) is 4.18 Å². The highest BCUT2D eigenvalue weighted by Crippen LogP contribution is 2.56. The molecule has 0 aliphatic carbocycles. The third kappa shape index (κ3) is 1.59. The summed E-state index contributed by atoms with van der Waals surface area (Å²) in [7, 11) is -2.30. The molecule has 3 nitrogen and oxygen atoms in total. The molecule has 3 fully saturated rings. The summed E-state index contributed by atoms with van der Waals surface area (Å²) in [6.45, 7) is 2.02. The van der Waals surface area contributed by atoms with Crippen molar-refractivity contribution in [1.82, 2.24) is 0 Å². The Morgan fingerprint density at radius 3 is 3.13 bits per heavy atom. The quantitative estimate of drug-likeness (QED) is 0.424. The van der Waals surface area contributed by atoms with Crippen LogP contribution in [0.15, 0.2) is 0 Å². The summed E-state index contributed by atoms with van der Waals surface area (Å²) in [6, 6.07) is 0. The lowest BCUT2D eigenvalue weighted by molar-refractivity contribution is -0.0156. The molecule has 0 N–H and O–H groups in total. The van der Waals surface area contributed by atoms with Gasteiger partial charge < -0.3 is 4.74 Å². The third-order valence-corrected chi connectivity index (χ3v) is 7.40. The summed E-state index contributed by atoms with van der Waals surface area (Å²) < 4.78 is 23.7. The number of fused-ring (bicyclic) bond motifs is 1. The molecular formula is C9H13IO3S2. The van der Waals surface area contributed by atoms with Gasteiger partial charge in [0.2, 0.25) is 0 Å². The van der Waals surface area contributed by atoms with E-state index in [2.05, 4.69) is 28.5 Å². The molecule has 3 heterocycles. The van der Waals surface area contributed by atoms with Crippen molar-refractivity contribution in [2.45, 2.75) is 45.4 Å². The first kappa shape index (κ1) is 11.1. The minimum absolute atomic E-state index is 0.0148. The zero-order chi connectivity index (χ0) is 10.8. The van der Waals surface area contributed by atoms with Crippen LogP contribution < -0.4 is 0 Å². The summed E-state index contributed by atoms with van der Waals surface area (Å²) in [5.74, 6) is 3.74. The Hall–Kier alpha value is 1.02. The summed E-state index contributed by atoms with van der Waals surface area (Å²) >= 11 is 4.14. The molecule has 0 aromatic rings. The van der Waals surface area contributed by atoms with Gasteiger partial charge in [-0.1, -0.05) is 22.6 Å². The van der Waals surface area contributed by atoms with Gasteiger partial charge >= 0.3 is 0 Å². The number of rotatable bonds is 2. The fourth-order valence-electron chi connectivity index (χ4n) is 2.71. The van der Waals surface area contributed by atoms with Crippen LogP contribution >= 0.6 is 34.4 Å². The standard InChI is InChI=1S/C9H13IO3S2/c1-4(10)12-7-5-3-6-9(14-5)8(7)13-15(6,2)11/h4-9H,2-3H2,1H3/t4?,5?,6?,7-,8?,9?,15?/m0/s1. The van der Waals surface area contributed by atoms with Crippen LogP contribution in [-0.2, 0) is 18.7 Å². The molecule has 0 aromatic heterocycles. The second kappa shape index (κ2) is 3.51. The Morgan fingerprint density at radius 2 is 2.47 bits per heavy atom. The smallest absolute Gasteiger partial charge is 0.114 e. The molecule has 3 rings (SSSR count). The van der Waals surface area contributed by atoms with Crippen LogP contribution in [0.1, 0.15) is 13.3 Å². The van der Waals surface area contributed by atoms with Crippen molar-refractivity contribution >= 4 is 50.0 Å². The van der Waals surface area contributed by atoms with Crippen LogP contribution in [0.3, 0.4) is 0 Å². The van der Waals surface area contributed by atoms with E-state index in [4.69, 9.17) is 8.92 Å². The molecule has 6 heteroatoms. The molecule has 0 radical (unpaired) electrons. The topological polar surface area (TPSA) is 35.5 Å². The largest absolute Gasteiger partial charge is 0.361 e. The van der Waals surface area contributed by atoms with E-state index in [1.165, 1.54) is 0 Å². The van der Waals surface area contributed by atoms with Crippen LogP contribution in [0.2, 0.25) is 0 Å². The highest BCUT2D eigenvalue weighted by Gasteiger charge is 2.63. The molecule has 3 aliphatic heterocycles. The molecule has 0 amide bonds. The summed E-state index contributed by atoms with van der Waals surface area (Å²) in [4.78, 5) is 0. The van der Waals surface area contributed by atoms with Crippen molar-refractivity contribution in [1.29, 1.82) is 0 Å². The van der Waals surface area contributed by atoms with E-state index in [1.54, 1.807) is 0 Å². The van der Waals surface area contributed by atoms with Crippen molar-refractivity contribution in [3.05, 3.63) is 0 Å². The van der Waals surface area contributed by atoms with E-state index in [0.29, 0.717) is 10.5 Å². The molecule has 3 aliphatic rings. The van der Waals surface area contributed by atoms with Crippen LogP contribution in [0.5, 0.6) is 0 Å². The third-order valence-electron chi connectivity index (χ3n) is 3.26. The van der Waals surface area contributed by atoms with Crippen LogP contribution in [0, 0.1) is 0 Å². The molecule has 0 saturated carbocycles. The van der Waals surface area contributed by atoms with Crippen LogP contribution in [0.4, 0.5) is 0 Å². The Morgan fingerprint density at radius 1 is 1.73 bits per heavy atom. The van der Waals surface area contributed by atoms with Gasteiger partial charge in [-0.05, 0) is 19.2 Å². The Labute approximate surface area is 108 Å². The highest BCUT2D eigenvalue weighted by atomic mass is 127. The fourth-order valence-corrected chi connectivity index (χ4v) is 7.50. The molecule has 7 atom stereocenters. The first-order valence-corrected chi connectivity index (χ1v) is 8.89. The van der Waals surface area contributed by atoms with Crippen molar-refractivity contribution in [3.8, 4) is 0 Å². The van der Waals surface area contributed by atoms with Crippen molar-refractivity contribution in [2.75, 3.05) is 0 Å². The average molecular weight is 360 g/mol. The monoisotopic (exact) mass is 360 g/mol. The molecule has 2 bridgehead atoms. The average Bonchev–Trinajstić information content (AvgIpc) is 2.67. The van der Waals surface area contributed by atoms with Gasteiger partial charge in [0.15, 0.2) is 0 Å². The second-order valence-corrected chi connectivity index (χ2v) is 9.58. The van der Waals surface area contributed by atoms with Crippen molar-refractivity contribution < 1.29 is 13.1 Å². The van der Waals surface area contributed by atoms with Crippen LogP contribution in [0.25, 0.3) is 0 Å². The second-order valence-electron chi connectivity index (χ2n) is 4.28. The van der Waals surface area contributed by atoms with Gasteiger partial charge in [-0.2, -0.15) is 0 Å². The van der Waals surface area contributed by atoms with E-state index >= 15 is 0 Å². The fraction of sp³-hybridized carbons (Fsp3) is 0.889. The van der Waals surface area contributed by atoms with Gasteiger partial charge in [-0.15, -0.1) is 11.8 Å². The first-order valence-electron chi connectivity index (χ1n) is 4.98. The number of alkyl halides is 1. The van der Waals surface area contributed by atoms with Crippen LogP contribution in [-0.4, -0.2) is 42.1 Å². The Bertz CT molecular complexity index is 381. The van der Waals surface area contributed by atoms with Crippen molar-refractivity contribution in [3.63, 3.8) is 0 Å². The minimum Gasteiger partial charge on any atom is -0.361 e. The molecule has 86 valence electrons. The normalized spacial score (nSPS) is 58.7. The predicted molar refractivity (Wildman–Crippen MR) is 72.1 cm³/mol. The molecule has 6 unspecified atom stereocenters. The van der Waals surface area contributed by atoms with E-state index in [1.807, 2.05) is 18.7 Å². The lowest BCUT2D eigenvalue weighted by atomic mass is 9.94. The van der Waals surface area contributed by atoms with Gasteiger partial charge in [0.05, 0.1) is 26.4 Å². The van der Waals surface area contributed by atoms with Crippen molar-refractivity contribution in [2.24, 2.45) is 0 Å². The predicted octanol–water partition coefficient (Wildman–Crippen LogP) is 1.44. The Balaban J connectivity index is 1.88. The maximum atomic E-state index is 12.1. The molecule has 3 saturated heterocycles. The number of ether oxygens (including phenoxy) is 1. The summed E-state index contributed by atoms with van der Waals surface area (Å²) in [6.07, 6.45) is 1.08. The SMILES string of the molecule is C=S1(=O)OC2C3SC(CC31)[C@@H]2OC(C)I.